The van der Waals surface area contributed by atoms with Gasteiger partial charge in [0.25, 0.3) is 0 Å². The van der Waals surface area contributed by atoms with Gasteiger partial charge >= 0.3 is 11.8 Å². The second-order valence-electron chi connectivity index (χ2n) is 4.86. The first-order valence-corrected chi connectivity index (χ1v) is 7.37. The molecule has 0 fully saturated rings. The van der Waals surface area contributed by atoms with Crippen molar-refractivity contribution in [2.24, 2.45) is 0 Å². The summed E-state index contributed by atoms with van der Waals surface area (Å²) in [6.45, 7) is 1.97. The van der Waals surface area contributed by atoms with Gasteiger partial charge in [-0.15, -0.1) is 0 Å². The molecule has 0 spiro atoms. The summed E-state index contributed by atoms with van der Waals surface area (Å²) in [7, 11) is 1.55. The Labute approximate surface area is 139 Å². The molecule has 2 aromatic carbocycles. The van der Waals surface area contributed by atoms with Gasteiger partial charge in [-0.2, -0.15) is 0 Å². The van der Waals surface area contributed by atoms with Crippen molar-refractivity contribution < 1.29 is 14.3 Å². The minimum Gasteiger partial charge on any atom is -0.496 e. The van der Waals surface area contributed by atoms with Crippen LogP contribution < -0.4 is 15.4 Å². The summed E-state index contributed by atoms with van der Waals surface area (Å²) in [4.78, 5) is 23.9. The molecular weight excluding hydrogens is 316 g/mol. The van der Waals surface area contributed by atoms with E-state index in [0.717, 1.165) is 5.56 Å². The molecular formula is C17H17ClN2O3. The highest BCUT2D eigenvalue weighted by Gasteiger charge is 2.15. The van der Waals surface area contributed by atoms with E-state index in [-0.39, 0.29) is 6.54 Å². The first-order valence-electron chi connectivity index (χ1n) is 6.99. The van der Waals surface area contributed by atoms with Crippen molar-refractivity contribution in [1.82, 2.24) is 5.32 Å². The summed E-state index contributed by atoms with van der Waals surface area (Å²) in [5.41, 5.74) is 2.00. The molecule has 2 N–H and O–H groups in total. The second kappa shape index (κ2) is 7.65. The first-order chi connectivity index (χ1) is 11.0. The quantitative estimate of drug-likeness (QED) is 0.846. The van der Waals surface area contributed by atoms with Crippen molar-refractivity contribution in [2.75, 3.05) is 12.4 Å². The molecule has 2 rings (SSSR count). The number of rotatable bonds is 4. The lowest BCUT2D eigenvalue weighted by Gasteiger charge is -2.11. The minimum absolute atomic E-state index is 0.199. The van der Waals surface area contributed by atoms with Gasteiger partial charge in [-0.1, -0.05) is 35.9 Å². The highest BCUT2D eigenvalue weighted by Crippen LogP contribution is 2.22. The molecule has 5 nitrogen and oxygen atoms in total. The van der Waals surface area contributed by atoms with Crippen molar-refractivity contribution >= 4 is 29.1 Å². The standard InChI is InChI=1S/C17H17ClN2O3/c1-11-13(18)7-5-8-14(11)20-17(22)16(21)19-10-12-6-3-4-9-15(12)23-2/h3-9H,10H2,1-2H3,(H,19,21)(H,20,22). The smallest absolute Gasteiger partial charge is 0.313 e. The van der Waals surface area contributed by atoms with Gasteiger partial charge in [0.05, 0.1) is 7.11 Å². The van der Waals surface area contributed by atoms with Crippen molar-refractivity contribution in [3.63, 3.8) is 0 Å². The van der Waals surface area contributed by atoms with Crippen LogP contribution in [0.3, 0.4) is 0 Å². The van der Waals surface area contributed by atoms with Crippen LogP contribution in [0.25, 0.3) is 0 Å². The number of halogens is 1. The molecule has 6 heteroatoms. The molecule has 0 heterocycles. The third-order valence-electron chi connectivity index (χ3n) is 3.35. The van der Waals surface area contributed by atoms with Crippen molar-refractivity contribution in [1.29, 1.82) is 0 Å². The van der Waals surface area contributed by atoms with Crippen molar-refractivity contribution in [3.05, 3.63) is 58.6 Å². The highest BCUT2D eigenvalue weighted by molar-refractivity contribution is 6.40. The Morgan fingerprint density at radius 2 is 1.83 bits per heavy atom. The van der Waals surface area contributed by atoms with E-state index in [1.165, 1.54) is 0 Å². The third kappa shape index (κ3) is 4.23. The normalized spacial score (nSPS) is 10.0. The Hall–Kier alpha value is -2.53. The average Bonchev–Trinajstić information content (AvgIpc) is 2.57. The molecule has 0 aromatic heterocycles. The van der Waals surface area contributed by atoms with E-state index in [4.69, 9.17) is 16.3 Å². The van der Waals surface area contributed by atoms with Crippen LogP contribution in [0, 0.1) is 6.92 Å². The Morgan fingerprint density at radius 3 is 2.57 bits per heavy atom. The van der Waals surface area contributed by atoms with Gasteiger partial charge in [-0.05, 0) is 30.7 Å². The number of nitrogens with one attached hydrogen (secondary N) is 2. The zero-order valence-electron chi connectivity index (χ0n) is 12.9. The van der Waals surface area contributed by atoms with Gasteiger partial charge < -0.3 is 15.4 Å². The fourth-order valence-corrected chi connectivity index (χ4v) is 2.20. The van der Waals surface area contributed by atoms with Crippen LogP contribution in [-0.2, 0) is 16.1 Å². The lowest BCUT2D eigenvalue weighted by atomic mass is 10.2. The molecule has 0 aliphatic heterocycles. The number of hydrogen-bond acceptors (Lipinski definition) is 3. The van der Waals surface area contributed by atoms with Gasteiger partial charge in [0, 0.05) is 22.8 Å². The molecule has 0 saturated heterocycles. The van der Waals surface area contributed by atoms with Gasteiger partial charge in [0.2, 0.25) is 0 Å². The SMILES string of the molecule is COc1ccccc1CNC(=O)C(=O)Nc1cccc(Cl)c1C. The molecule has 0 atom stereocenters. The first kappa shape index (κ1) is 16.8. The Kier molecular flexibility index (Phi) is 5.60. The third-order valence-corrected chi connectivity index (χ3v) is 3.76. The average molecular weight is 333 g/mol. The zero-order chi connectivity index (χ0) is 16.8. The summed E-state index contributed by atoms with van der Waals surface area (Å²) in [6.07, 6.45) is 0. The van der Waals surface area contributed by atoms with Crippen LogP contribution in [0.1, 0.15) is 11.1 Å². The molecule has 0 unspecified atom stereocenters. The highest BCUT2D eigenvalue weighted by atomic mass is 35.5. The largest absolute Gasteiger partial charge is 0.496 e. The van der Waals surface area contributed by atoms with Crippen LogP contribution in [0.2, 0.25) is 5.02 Å². The molecule has 0 aliphatic carbocycles. The summed E-state index contributed by atoms with van der Waals surface area (Å²) in [6, 6.07) is 12.4. The number of carbonyl (C=O) groups is 2. The fourth-order valence-electron chi connectivity index (χ4n) is 2.03. The van der Waals surface area contributed by atoms with Crippen LogP contribution >= 0.6 is 11.6 Å². The summed E-state index contributed by atoms with van der Waals surface area (Å²) < 4.78 is 5.20. The van der Waals surface area contributed by atoms with Crippen LogP contribution in [0.4, 0.5) is 5.69 Å². The maximum absolute atomic E-state index is 12.0. The maximum Gasteiger partial charge on any atom is 0.313 e. The second-order valence-corrected chi connectivity index (χ2v) is 5.27. The van der Waals surface area contributed by atoms with E-state index >= 15 is 0 Å². The molecule has 0 radical (unpaired) electrons. The lowest BCUT2D eigenvalue weighted by molar-refractivity contribution is -0.136. The molecule has 23 heavy (non-hydrogen) atoms. The summed E-state index contributed by atoms with van der Waals surface area (Å²) in [5, 5.41) is 5.64. The van der Waals surface area contributed by atoms with E-state index in [1.807, 2.05) is 18.2 Å². The van der Waals surface area contributed by atoms with Gasteiger partial charge in [0.1, 0.15) is 5.75 Å². The topological polar surface area (TPSA) is 67.4 Å². The van der Waals surface area contributed by atoms with Crippen LogP contribution in [0.5, 0.6) is 5.75 Å². The van der Waals surface area contributed by atoms with Gasteiger partial charge in [-0.3, -0.25) is 9.59 Å². The maximum atomic E-state index is 12.0. The van der Waals surface area contributed by atoms with E-state index in [1.54, 1.807) is 38.3 Å². The number of ether oxygens (including phenoxy) is 1. The van der Waals surface area contributed by atoms with Gasteiger partial charge in [-0.25, -0.2) is 0 Å². The number of para-hydroxylation sites is 1. The molecule has 0 bridgehead atoms. The monoisotopic (exact) mass is 332 g/mol. The number of methoxy groups -OCH3 is 1. The minimum atomic E-state index is -0.745. The Morgan fingerprint density at radius 1 is 1.09 bits per heavy atom. The van der Waals surface area contributed by atoms with E-state index in [2.05, 4.69) is 10.6 Å². The summed E-state index contributed by atoms with van der Waals surface area (Å²) >= 11 is 5.99. The number of hydrogen-bond donors (Lipinski definition) is 2. The van der Waals surface area contributed by atoms with Crippen LogP contribution in [-0.4, -0.2) is 18.9 Å². The van der Waals surface area contributed by atoms with E-state index in [0.29, 0.717) is 22.0 Å². The molecule has 2 amide bonds. The lowest BCUT2D eigenvalue weighted by Crippen LogP contribution is -2.35. The predicted octanol–water partition coefficient (Wildman–Crippen LogP) is 2.91. The fraction of sp³-hybridized carbons (Fsp3) is 0.176. The molecule has 0 aliphatic rings. The molecule has 120 valence electrons. The number of carbonyl (C=O) groups excluding carboxylic acids is 2. The number of benzene rings is 2. The Balaban J connectivity index is 1.98. The molecule has 2 aromatic rings. The van der Waals surface area contributed by atoms with Crippen molar-refractivity contribution in [2.45, 2.75) is 13.5 Å². The number of anilines is 1. The number of amides is 2. The summed E-state index contributed by atoms with van der Waals surface area (Å²) in [5.74, 6) is -0.820. The Bertz CT molecular complexity index is 732. The predicted molar refractivity (Wildman–Crippen MR) is 89.7 cm³/mol. The van der Waals surface area contributed by atoms with Gasteiger partial charge in [0.15, 0.2) is 0 Å². The van der Waals surface area contributed by atoms with E-state index < -0.39 is 11.8 Å². The van der Waals surface area contributed by atoms with E-state index in [9.17, 15) is 9.59 Å². The van der Waals surface area contributed by atoms with Crippen molar-refractivity contribution in [3.8, 4) is 5.75 Å². The molecule has 0 saturated carbocycles. The zero-order valence-corrected chi connectivity index (χ0v) is 13.6. The van der Waals surface area contributed by atoms with Crippen LogP contribution in [0.15, 0.2) is 42.5 Å².